The molecule has 7 nitrogen and oxygen atoms in total. The lowest BCUT2D eigenvalue weighted by Gasteiger charge is -2.23. The number of unbranched alkanes of at least 4 members (excludes halogenated alkanes) is 8. The monoisotopic (exact) mass is 751 g/mol. The molecule has 0 aliphatic carbocycles. The molecule has 0 aromatic carbocycles. The van der Waals surface area contributed by atoms with Crippen molar-refractivity contribution in [3.05, 3.63) is 0 Å². The van der Waals surface area contributed by atoms with E-state index in [0.29, 0.717) is 44.3 Å². The fraction of sp³-hybridized carbons (Fsp3) is 0.935. The first kappa shape index (κ1) is 51.4. The van der Waals surface area contributed by atoms with Crippen LogP contribution in [0.4, 0.5) is 0 Å². The third-order valence-corrected chi connectivity index (χ3v) is 11.0. The van der Waals surface area contributed by atoms with Gasteiger partial charge in [-0.1, -0.05) is 107 Å². The van der Waals surface area contributed by atoms with Crippen LogP contribution in [0, 0.1) is 35.5 Å². The molecule has 53 heavy (non-hydrogen) atoms. The highest BCUT2D eigenvalue weighted by Gasteiger charge is 2.16. The lowest BCUT2D eigenvalue weighted by Crippen LogP contribution is -2.33. The van der Waals surface area contributed by atoms with Crippen molar-refractivity contribution in [3.63, 3.8) is 0 Å². The molecule has 0 radical (unpaired) electrons. The molecule has 314 valence electrons. The number of carbonyl (C=O) groups is 3. The Labute approximate surface area is 329 Å². The van der Waals surface area contributed by atoms with Gasteiger partial charge in [0.15, 0.2) is 0 Å². The van der Waals surface area contributed by atoms with Gasteiger partial charge in [0.1, 0.15) is 0 Å². The second-order valence-corrected chi connectivity index (χ2v) is 18.0. The van der Waals surface area contributed by atoms with Gasteiger partial charge in [0.2, 0.25) is 5.91 Å². The highest BCUT2D eigenvalue weighted by Crippen LogP contribution is 2.26. The number of esters is 2. The molecule has 0 fully saturated rings. The maximum absolute atomic E-state index is 13.1. The van der Waals surface area contributed by atoms with Crippen LogP contribution in [0.15, 0.2) is 0 Å². The van der Waals surface area contributed by atoms with Gasteiger partial charge in [0.25, 0.3) is 0 Å². The Hall–Kier alpha value is -1.63. The van der Waals surface area contributed by atoms with Crippen LogP contribution in [0.25, 0.3) is 0 Å². The van der Waals surface area contributed by atoms with Gasteiger partial charge >= 0.3 is 11.9 Å². The zero-order valence-electron chi connectivity index (χ0n) is 37.0. The van der Waals surface area contributed by atoms with Crippen molar-refractivity contribution in [2.45, 2.75) is 197 Å². The maximum Gasteiger partial charge on any atom is 0.305 e. The van der Waals surface area contributed by atoms with Gasteiger partial charge in [-0.3, -0.25) is 14.4 Å². The highest BCUT2D eigenvalue weighted by molar-refractivity contribution is 5.76. The van der Waals surface area contributed by atoms with E-state index in [-0.39, 0.29) is 17.8 Å². The minimum atomic E-state index is -0.0549. The molecule has 1 amide bonds. The van der Waals surface area contributed by atoms with E-state index in [2.05, 4.69) is 79.3 Å². The standard InChI is InChI=1S/C46H90N2O5/c1-38(2)29-31-42(40(5)6)24-22-36-52-45(50)27-17-13-11-15-19-34-48(44(49)26-21-33-47(9)10)35-20-16-12-14-18-28-46(51)53-37-23-25-43(41(7)8)32-30-39(3)4/h38-43H,11-37H2,1-10H3. The van der Waals surface area contributed by atoms with E-state index >= 15 is 0 Å². The maximum atomic E-state index is 13.1. The average molecular weight is 751 g/mol. The molecule has 0 N–H and O–H groups in total. The number of hydrogen-bond acceptors (Lipinski definition) is 6. The van der Waals surface area contributed by atoms with Gasteiger partial charge in [0.05, 0.1) is 13.2 Å². The minimum absolute atomic E-state index is 0.0549. The molecule has 7 heteroatoms. The molecular formula is C46H90N2O5. The second-order valence-electron chi connectivity index (χ2n) is 18.0. The van der Waals surface area contributed by atoms with Gasteiger partial charge in [-0.15, -0.1) is 0 Å². The number of ether oxygens (including phenoxy) is 2. The number of amides is 1. The summed E-state index contributed by atoms with van der Waals surface area (Å²) in [6.07, 6.45) is 22.0. The van der Waals surface area contributed by atoms with Crippen LogP contribution < -0.4 is 0 Å². The van der Waals surface area contributed by atoms with Crippen LogP contribution in [-0.4, -0.2) is 74.6 Å². The minimum Gasteiger partial charge on any atom is -0.466 e. The molecule has 2 atom stereocenters. The van der Waals surface area contributed by atoms with E-state index in [0.717, 1.165) is 140 Å². The van der Waals surface area contributed by atoms with Gasteiger partial charge in [-0.25, -0.2) is 0 Å². The third kappa shape index (κ3) is 32.3. The fourth-order valence-corrected chi connectivity index (χ4v) is 7.19. The molecule has 0 aliphatic heterocycles. The summed E-state index contributed by atoms with van der Waals surface area (Å²) in [5, 5.41) is 0. The van der Waals surface area contributed by atoms with Gasteiger partial charge < -0.3 is 19.3 Å². The molecule has 0 spiro atoms. The third-order valence-electron chi connectivity index (χ3n) is 11.0. The Kier molecular flexibility index (Phi) is 32.7. The van der Waals surface area contributed by atoms with Crippen LogP contribution >= 0.6 is 0 Å². The van der Waals surface area contributed by atoms with Crippen LogP contribution in [0.2, 0.25) is 0 Å². The summed E-state index contributed by atoms with van der Waals surface area (Å²) in [5.74, 6) is 4.45. The molecule has 0 rings (SSSR count). The lowest BCUT2D eigenvalue weighted by atomic mass is 9.85. The van der Waals surface area contributed by atoms with Gasteiger partial charge in [-0.2, -0.15) is 0 Å². The van der Waals surface area contributed by atoms with Crippen LogP contribution in [0.3, 0.4) is 0 Å². The van der Waals surface area contributed by atoms with Crippen LogP contribution in [-0.2, 0) is 23.9 Å². The Morgan fingerprint density at radius 2 is 0.830 bits per heavy atom. The summed E-state index contributed by atoms with van der Waals surface area (Å²) >= 11 is 0. The zero-order valence-corrected chi connectivity index (χ0v) is 37.0. The first-order valence-electron chi connectivity index (χ1n) is 22.5. The van der Waals surface area contributed by atoms with E-state index in [9.17, 15) is 14.4 Å². The van der Waals surface area contributed by atoms with Crippen molar-refractivity contribution in [3.8, 4) is 0 Å². The van der Waals surface area contributed by atoms with Gasteiger partial charge in [0, 0.05) is 32.4 Å². The van der Waals surface area contributed by atoms with Crippen molar-refractivity contribution in [1.82, 2.24) is 9.80 Å². The quantitative estimate of drug-likeness (QED) is 0.0469. The largest absolute Gasteiger partial charge is 0.466 e. The molecule has 0 aliphatic rings. The van der Waals surface area contributed by atoms with E-state index in [1.54, 1.807) is 0 Å². The van der Waals surface area contributed by atoms with E-state index in [1.165, 1.54) is 25.7 Å². The average Bonchev–Trinajstić information content (AvgIpc) is 3.08. The summed E-state index contributed by atoms with van der Waals surface area (Å²) in [6.45, 7) is 22.1. The summed E-state index contributed by atoms with van der Waals surface area (Å²) in [4.78, 5) is 41.8. The van der Waals surface area contributed by atoms with Crippen molar-refractivity contribution in [1.29, 1.82) is 0 Å². The Balaban J connectivity index is 4.22. The predicted molar refractivity (Wildman–Crippen MR) is 225 cm³/mol. The van der Waals surface area contributed by atoms with Crippen molar-refractivity contribution < 1.29 is 23.9 Å². The first-order valence-corrected chi connectivity index (χ1v) is 22.5. The Morgan fingerprint density at radius 3 is 1.21 bits per heavy atom. The smallest absolute Gasteiger partial charge is 0.305 e. The van der Waals surface area contributed by atoms with Crippen molar-refractivity contribution in [2.75, 3.05) is 46.9 Å². The second kappa shape index (κ2) is 33.7. The number of carbonyl (C=O) groups excluding carboxylic acids is 3. The van der Waals surface area contributed by atoms with Crippen molar-refractivity contribution >= 4 is 17.8 Å². The van der Waals surface area contributed by atoms with E-state index < -0.39 is 0 Å². The van der Waals surface area contributed by atoms with Crippen molar-refractivity contribution in [2.24, 2.45) is 35.5 Å². The molecular weight excluding hydrogens is 661 g/mol. The normalized spacial score (nSPS) is 13.0. The molecule has 2 unspecified atom stereocenters. The van der Waals surface area contributed by atoms with E-state index in [4.69, 9.17) is 9.47 Å². The summed E-state index contributed by atoms with van der Waals surface area (Å²) < 4.78 is 11.1. The zero-order chi connectivity index (χ0) is 39.9. The molecule has 0 saturated carbocycles. The molecule has 0 aromatic rings. The summed E-state index contributed by atoms with van der Waals surface area (Å²) in [5.41, 5.74) is 0. The summed E-state index contributed by atoms with van der Waals surface area (Å²) in [6, 6.07) is 0. The van der Waals surface area contributed by atoms with E-state index in [1.807, 2.05) is 0 Å². The Bertz CT molecular complexity index is 829. The number of nitrogens with zero attached hydrogens (tertiary/aromatic N) is 2. The highest BCUT2D eigenvalue weighted by atomic mass is 16.5. The predicted octanol–water partition coefficient (Wildman–Crippen LogP) is 11.9. The Morgan fingerprint density at radius 1 is 0.434 bits per heavy atom. The van der Waals surface area contributed by atoms with Crippen LogP contribution in [0.1, 0.15) is 197 Å². The molecule has 0 bridgehead atoms. The van der Waals surface area contributed by atoms with Gasteiger partial charge in [-0.05, 0) is 127 Å². The SMILES string of the molecule is CC(C)CCC(CCCOC(=O)CCCCCCCN(CCCCCCCC(=O)OCCCC(CCC(C)C)C(C)C)C(=O)CCCN(C)C)C(C)C. The summed E-state index contributed by atoms with van der Waals surface area (Å²) in [7, 11) is 4.11. The fourth-order valence-electron chi connectivity index (χ4n) is 7.19. The lowest BCUT2D eigenvalue weighted by molar-refractivity contribution is -0.144. The van der Waals surface area contributed by atoms with Crippen LogP contribution in [0.5, 0.6) is 0 Å². The number of rotatable bonds is 36. The molecule has 0 saturated heterocycles. The molecule has 0 heterocycles. The topological polar surface area (TPSA) is 76.1 Å². The molecule has 0 aromatic heterocycles. The first-order chi connectivity index (χ1) is 25.2. The number of hydrogen-bond donors (Lipinski definition) is 0.